The second-order valence-corrected chi connectivity index (χ2v) is 11.2. The zero-order valence-electron chi connectivity index (χ0n) is 17.2. The van der Waals surface area contributed by atoms with E-state index in [4.69, 9.17) is 0 Å². The number of rotatable bonds is 8. The van der Waals surface area contributed by atoms with Gasteiger partial charge in [-0.15, -0.1) is 0 Å². The molecule has 0 aromatic heterocycles. The molecule has 0 aliphatic rings. The van der Waals surface area contributed by atoms with Gasteiger partial charge in [-0.05, 0) is 74.4 Å². The van der Waals surface area contributed by atoms with Crippen molar-refractivity contribution in [2.75, 3.05) is 12.3 Å². The second kappa shape index (κ2) is 8.76. The molecule has 0 aliphatic heterocycles. The Morgan fingerprint density at radius 2 is 1.25 bits per heavy atom. The smallest absolute Gasteiger partial charge is 0.228 e. The van der Waals surface area contributed by atoms with Gasteiger partial charge in [0, 0.05) is 6.54 Å². The van der Waals surface area contributed by atoms with Crippen LogP contribution in [0.2, 0.25) is 0 Å². The third-order valence-electron chi connectivity index (χ3n) is 5.35. The molecule has 0 saturated carbocycles. The summed E-state index contributed by atoms with van der Waals surface area (Å²) in [4.78, 5) is 0.306. The van der Waals surface area contributed by atoms with Gasteiger partial charge in [0.05, 0.1) is 16.4 Å². The van der Waals surface area contributed by atoms with Crippen molar-refractivity contribution < 1.29 is 16.8 Å². The van der Waals surface area contributed by atoms with Crippen molar-refractivity contribution in [1.82, 2.24) is 4.72 Å². The predicted octanol–water partition coefficient (Wildman–Crippen LogP) is 3.51. The maximum Gasteiger partial charge on any atom is 0.241 e. The molecule has 0 amide bonds. The van der Waals surface area contributed by atoms with E-state index in [9.17, 15) is 16.8 Å². The Kier molecular flexibility index (Phi) is 7.07. The fourth-order valence-electron chi connectivity index (χ4n) is 3.34. The Hall–Kier alpha value is -1.70. The van der Waals surface area contributed by atoms with Crippen LogP contribution in [0.4, 0.5) is 0 Å². The van der Waals surface area contributed by atoms with Crippen LogP contribution in [0.15, 0.2) is 35.2 Å². The minimum Gasteiger partial charge on any atom is -0.228 e. The highest BCUT2D eigenvalue weighted by molar-refractivity contribution is 7.90. The first kappa shape index (κ1) is 22.6. The highest BCUT2D eigenvalue weighted by Gasteiger charge is 2.23. The van der Waals surface area contributed by atoms with Gasteiger partial charge in [-0.3, -0.25) is 0 Å². The summed E-state index contributed by atoms with van der Waals surface area (Å²) in [6.07, 6.45) is 0.232. The van der Waals surface area contributed by atoms with E-state index in [0.29, 0.717) is 4.90 Å². The maximum atomic E-state index is 12.8. The molecule has 7 heteroatoms. The number of benzene rings is 2. The van der Waals surface area contributed by atoms with E-state index in [1.165, 1.54) is 0 Å². The van der Waals surface area contributed by atoms with E-state index in [-0.39, 0.29) is 24.5 Å². The predicted molar refractivity (Wildman–Crippen MR) is 114 cm³/mol. The van der Waals surface area contributed by atoms with Crippen LogP contribution in [-0.2, 0) is 25.6 Å². The van der Waals surface area contributed by atoms with Crippen LogP contribution in [-0.4, -0.2) is 29.1 Å². The summed E-state index contributed by atoms with van der Waals surface area (Å²) in [5.74, 6) is -0.0938. The van der Waals surface area contributed by atoms with E-state index in [1.54, 1.807) is 24.3 Å². The molecule has 0 spiro atoms. The largest absolute Gasteiger partial charge is 0.241 e. The molecular weight excluding hydrogens is 394 g/mol. The Morgan fingerprint density at radius 3 is 1.79 bits per heavy atom. The Balaban J connectivity index is 2.05. The lowest BCUT2D eigenvalue weighted by Crippen LogP contribution is -2.28. The van der Waals surface area contributed by atoms with Gasteiger partial charge >= 0.3 is 0 Å². The zero-order chi connectivity index (χ0) is 21.1. The molecule has 5 nitrogen and oxygen atoms in total. The van der Waals surface area contributed by atoms with Crippen LogP contribution in [0.25, 0.3) is 0 Å². The van der Waals surface area contributed by atoms with Crippen molar-refractivity contribution in [2.45, 2.75) is 51.7 Å². The summed E-state index contributed by atoms with van der Waals surface area (Å²) in [7, 11) is -6.99. The van der Waals surface area contributed by atoms with E-state index in [2.05, 4.69) is 4.72 Å². The molecule has 0 unspecified atom stereocenters. The molecule has 0 fully saturated rings. The first-order valence-corrected chi connectivity index (χ1v) is 12.6. The molecule has 0 bridgehead atoms. The summed E-state index contributed by atoms with van der Waals surface area (Å²) >= 11 is 0. The molecule has 28 heavy (non-hydrogen) atoms. The fraction of sp³-hybridized carbons (Fsp3) is 0.429. The van der Waals surface area contributed by atoms with Gasteiger partial charge in [-0.25, -0.2) is 21.6 Å². The Labute approximate surface area is 169 Å². The molecule has 0 heterocycles. The standard InChI is InChI=1S/C21H29NO4S2/c1-15-16(2)18(4)21(19(5)17(15)3)28(25,26)22-12-9-13-27(23,24)14-20-10-7-6-8-11-20/h6-8,10-11,22H,9,12-14H2,1-5H3. The van der Waals surface area contributed by atoms with Crippen LogP contribution in [0.1, 0.15) is 39.8 Å². The lowest BCUT2D eigenvalue weighted by molar-refractivity contribution is 0.574. The number of hydrogen-bond acceptors (Lipinski definition) is 4. The number of sulfonamides is 1. The van der Waals surface area contributed by atoms with Crippen molar-refractivity contribution in [3.63, 3.8) is 0 Å². The summed E-state index contributed by atoms with van der Waals surface area (Å²) in [6, 6.07) is 8.98. The first-order valence-electron chi connectivity index (χ1n) is 9.27. The third kappa shape index (κ3) is 5.21. The quantitative estimate of drug-likeness (QED) is 0.659. The summed E-state index contributed by atoms with van der Waals surface area (Å²) in [5, 5.41) is 0. The van der Waals surface area contributed by atoms with Crippen molar-refractivity contribution in [3.8, 4) is 0 Å². The van der Waals surface area contributed by atoms with Gasteiger partial charge < -0.3 is 0 Å². The molecule has 2 aromatic rings. The normalized spacial score (nSPS) is 12.3. The molecule has 154 valence electrons. The average Bonchev–Trinajstić information content (AvgIpc) is 2.62. The van der Waals surface area contributed by atoms with Gasteiger partial charge in [-0.2, -0.15) is 0 Å². The first-order chi connectivity index (χ1) is 13.0. The second-order valence-electron chi connectivity index (χ2n) is 7.28. The van der Waals surface area contributed by atoms with E-state index in [0.717, 1.165) is 33.4 Å². The minimum absolute atomic E-state index is 0.0326. The van der Waals surface area contributed by atoms with Crippen molar-refractivity contribution >= 4 is 19.9 Å². The summed E-state index contributed by atoms with van der Waals surface area (Å²) in [5.41, 5.74) is 5.25. The molecule has 0 saturated heterocycles. The molecular formula is C21H29NO4S2. The van der Waals surface area contributed by atoms with E-state index in [1.807, 2.05) is 40.7 Å². The molecule has 2 rings (SSSR count). The van der Waals surface area contributed by atoms with Crippen LogP contribution in [0.3, 0.4) is 0 Å². The number of hydrogen-bond donors (Lipinski definition) is 1. The van der Waals surface area contributed by atoms with E-state index >= 15 is 0 Å². The Bertz CT molecular complexity index is 1030. The highest BCUT2D eigenvalue weighted by atomic mass is 32.2. The van der Waals surface area contributed by atoms with Gasteiger partial charge in [0.2, 0.25) is 10.0 Å². The van der Waals surface area contributed by atoms with Crippen LogP contribution < -0.4 is 4.72 Å². The molecule has 0 radical (unpaired) electrons. The fourth-order valence-corrected chi connectivity index (χ4v) is 6.44. The van der Waals surface area contributed by atoms with Crippen molar-refractivity contribution in [1.29, 1.82) is 0 Å². The monoisotopic (exact) mass is 423 g/mol. The SMILES string of the molecule is Cc1c(C)c(C)c(S(=O)(=O)NCCCS(=O)(=O)Cc2ccccc2)c(C)c1C. The van der Waals surface area contributed by atoms with Crippen LogP contribution in [0, 0.1) is 34.6 Å². The van der Waals surface area contributed by atoms with Gasteiger partial charge in [0.15, 0.2) is 9.84 Å². The van der Waals surface area contributed by atoms with Gasteiger partial charge in [-0.1, -0.05) is 30.3 Å². The lowest BCUT2D eigenvalue weighted by atomic mass is 9.95. The summed E-state index contributed by atoms with van der Waals surface area (Å²) in [6.45, 7) is 9.55. The minimum atomic E-state index is -3.70. The maximum absolute atomic E-state index is 12.8. The number of nitrogens with one attached hydrogen (secondary N) is 1. The lowest BCUT2D eigenvalue weighted by Gasteiger charge is -2.19. The van der Waals surface area contributed by atoms with Crippen LogP contribution >= 0.6 is 0 Å². The Morgan fingerprint density at radius 1 is 0.750 bits per heavy atom. The molecule has 1 N–H and O–H groups in total. The highest BCUT2D eigenvalue weighted by Crippen LogP contribution is 2.29. The van der Waals surface area contributed by atoms with Gasteiger partial charge in [0.25, 0.3) is 0 Å². The summed E-state index contributed by atoms with van der Waals surface area (Å²) < 4.78 is 52.8. The average molecular weight is 424 g/mol. The van der Waals surface area contributed by atoms with Gasteiger partial charge in [0.1, 0.15) is 0 Å². The molecule has 0 aliphatic carbocycles. The third-order valence-corrected chi connectivity index (χ3v) is 8.77. The topological polar surface area (TPSA) is 80.3 Å². The molecule has 0 atom stereocenters. The van der Waals surface area contributed by atoms with Crippen molar-refractivity contribution in [3.05, 3.63) is 63.7 Å². The number of sulfone groups is 1. The van der Waals surface area contributed by atoms with Crippen LogP contribution in [0.5, 0.6) is 0 Å². The van der Waals surface area contributed by atoms with E-state index < -0.39 is 19.9 Å². The van der Waals surface area contributed by atoms with Crippen molar-refractivity contribution in [2.24, 2.45) is 0 Å². The molecule has 2 aromatic carbocycles. The zero-order valence-corrected chi connectivity index (χ0v) is 18.8.